The third kappa shape index (κ3) is 6.12. The van der Waals surface area contributed by atoms with Gasteiger partial charge < -0.3 is 33.9 Å². The first-order chi connectivity index (χ1) is 16.7. The van der Waals surface area contributed by atoms with Crippen LogP contribution < -0.4 is 24.4 Å². The van der Waals surface area contributed by atoms with Crippen LogP contribution >= 0.6 is 0 Å². The summed E-state index contributed by atoms with van der Waals surface area (Å²) in [6.45, 7) is 9.09. The maximum absolute atomic E-state index is 13.0. The third-order valence-corrected chi connectivity index (χ3v) is 5.84. The summed E-state index contributed by atoms with van der Waals surface area (Å²) in [5.41, 5.74) is 2.05. The SMILES string of the molecule is CCOc1cc(N2CCOCC2)c(OCC)cc1NC(=O)c1ccc(OCC2CCCO2)cc1. The van der Waals surface area contributed by atoms with Crippen molar-refractivity contribution in [1.82, 2.24) is 0 Å². The van der Waals surface area contributed by atoms with E-state index in [1.807, 2.05) is 26.0 Å². The van der Waals surface area contributed by atoms with Gasteiger partial charge in [-0.15, -0.1) is 0 Å². The van der Waals surface area contributed by atoms with Crippen molar-refractivity contribution >= 4 is 17.3 Å². The predicted molar refractivity (Wildman–Crippen MR) is 131 cm³/mol. The number of benzene rings is 2. The number of ether oxygens (including phenoxy) is 5. The lowest BCUT2D eigenvalue weighted by molar-refractivity contribution is 0.0679. The van der Waals surface area contributed by atoms with Gasteiger partial charge in [0.2, 0.25) is 0 Å². The Morgan fingerprint density at radius 2 is 1.74 bits per heavy atom. The number of nitrogens with one attached hydrogen (secondary N) is 1. The van der Waals surface area contributed by atoms with Gasteiger partial charge in [-0.05, 0) is 51.0 Å². The molecule has 8 heteroatoms. The molecule has 2 fully saturated rings. The molecule has 4 rings (SSSR count). The summed E-state index contributed by atoms with van der Waals surface area (Å²) in [5, 5.41) is 2.99. The molecule has 1 N–H and O–H groups in total. The number of rotatable bonds is 10. The van der Waals surface area contributed by atoms with Crippen molar-refractivity contribution in [2.75, 3.05) is 62.9 Å². The Labute approximate surface area is 201 Å². The molecule has 2 aromatic carbocycles. The van der Waals surface area contributed by atoms with Crippen molar-refractivity contribution in [1.29, 1.82) is 0 Å². The van der Waals surface area contributed by atoms with Crippen LogP contribution in [0.25, 0.3) is 0 Å². The van der Waals surface area contributed by atoms with Crippen molar-refractivity contribution in [3.05, 3.63) is 42.0 Å². The molecular weight excluding hydrogens is 436 g/mol. The standard InChI is InChI=1S/C26H34N2O6/c1-3-31-24-17-23(28-11-14-30-15-12-28)25(32-4-2)16-22(24)27-26(29)19-7-9-20(10-8-19)34-18-21-6-5-13-33-21/h7-10,16-17,21H,3-6,11-15,18H2,1-2H3,(H,27,29). The summed E-state index contributed by atoms with van der Waals surface area (Å²) in [6.07, 6.45) is 2.26. The van der Waals surface area contributed by atoms with Crippen LogP contribution in [0, 0.1) is 0 Å². The highest BCUT2D eigenvalue weighted by molar-refractivity contribution is 6.05. The third-order valence-electron chi connectivity index (χ3n) is 5.84. The number of morpholine rings is 1. The Balaban J connectivity index is 1.48. The summed E-state index contributed by atoms with van der Waals surface area (Å²) >= 11 is 0. The van der Waals surface area contributed by atoms with Gasteiger partial charge in [-0.25, -0.2) is 0 Å². The Hall–Kier alpha value is -2.97. The molecule has 2 aliphatic rings. The lowest BCUT2D eigenvalue weighted by Crippen LogP contribution is -2.36. The fraction of sp³-hybridized carbons (Fsp3) is 0.500. The van der Waals surface area contributed by atoms with E-state index in [2.05, 4.69) is 10.2 Å². The average molecular weight is 471 g/mol. The van der Waals surface area contributed by atoms with E-state index in [1.165, 1.54) is 0 Å². The maximum Gasteiger partial charge on any atom is 0.255 e. The van der Waals surface area contributed by atoms with Crippen LogP contribution in [0.1, 0.15) is 37.0 Å². The minimum atomic E-state index is -0.229. The second-order valence-electron chi connectivity index (χ2n) is 8.21. The second-order valence-corrected chi connectivity index (χ2v) is 8.21. The fourth-order valence-electron chi connectivity index (χ4n) is 4.11. The first-order valence-corrected chi connectivity index (χ1v) is 12.1. The van der Waals surface area contributed by atoms with Crippen LogP contribution in [0.4, 0.5) is 11.4 Å². The summed E-state index contributed by atoms with van der Waals surface area (Å²) in [4.78, 5) is 15.2. The lowest BCUT2D eigenvalue weighted by atomic mass is 10.1. The highest BCUT2D eigenvalue weighted by Crippen LogP contribution is 2.39. The Bertz CT molecular complexity index is 937. The van der Waals surface area contributed by atoms with Gasteiger partial charge in [0.05, 0.1) is 43.9 Å². The molecule has 0 spiro atoms. The van der Waals surface area contributed by atoms with Crippen molar-refractivity contribution < 1.29 is 28.5 Å². The molecule has 2 saturated heterocycles. The van der Waals surface area contributed by atoms with E-state index in [9.17, 15) is 4.79 Å². The molecule has 8 nitrogen and oxygen atoms in total. The van der Waals surface area contributed by atoms with E-state index in [-0.39, 0.29) is 12.0 Å². The minimum absolute atomic E-state index is 0.153. The molecule has 1 amide bonds. The second kappa shape index (κ2) is 11.9. The molecule has 184 valence electrons. The Kier molecular flexibility index (Phi) is 8.49. The number of carbonyl (C=O) groups excluding carboxylic acids is 1. The van der Waals surface area contributed by atoms with Crippen LogP contribution in [0.3, 0.4) is 0 Å². The molecular formula is C26H34N2O6. The molecule has 0 aliphatic carbocycles. The number of anilines is 2. The molecule has 34 heavy (non-hydrogen) atoms. The summed E-state index contributed by atoms with van der Waals surface area (Å²) in [5.74, 6) is 1.81. The van der Waals surface area contributed by atoms with Crippen LogP contribution in [0.5, 0.6) is 17.2 Å². The van der Waals surface area contributed by atoms with E-state index in [1.54, 1.807) is 24.3 Å². The predicted octanol–water partition coefficient (Wildman–Crippen LogP) is 4.13. The summed E-state index contributed by atoms with van der Waals surface area (Å²) in [7, 11) is 0. The van der Waals surface area contributed by atoms with Gasteiger partial charge in [0.15, 0.2) is 0 Å². The van der Waals surface area contributed by atoms with Crippen LogP contribution in [0.15, 0.2) is 36.4 Å². The quantitative estimate of drug-likeness (QED) is 0.559. The summed E-state index contributed by atoms with van der Waals surface area (Å²) in [6, 6.07) is 10.9. The smallest absolute Gasteiger partial charge is 0.255 e. The molecule has 0 bridgehead atoms. The fourth-order valence-corrected chi connectivity index (χ4v) is 4.11. The number of nitrogens with zero attached hydrogens (tertiary/aromatic N) is 1. The van der Waals surface area contributed by atoms with Crippen molar-refractivity contribution in [2.45, 2.75) is 32.8 Å². The van der Waals surface area contributed by atoms with Gasteiger partial charge in [-0.1, -0.05) is 0 Å². The zero-order chi connectivity index (χ0) is 23.8. The first kappa shape index (κ1) is 24.2. The van der Waals surface area contributed by atoms with Gasteiger partial charge in [0.25, 0.3) is 5.91 Å². The van der Waals surface area contributed by atoms with E-state index in [0.29, 0.717) is 55.8 Å². The van der Waals surface area contributed by atoms with E-state index >= 15 is 0 Å². The molecule has 0 saturated carbocycles. The van der Waals surface area contributed by atoms with Crippen molar-refractivity contribution in [3.63, 3.8) is 0 Å². The molecule has 0 radical (unpaired) electrons. The van der Waals surface area contributed by atoms with Crippen LogP contribution in [-0.4, -0.2) is 64.7 Å². The van der Waals surface area contributed by atoms with E-state index in [0.717, 1.165) is 44.0 Å². The van der Waals surface area contributed by atoms with Crippen molar-refractivity contribution in [3.8, 4) is 17.2 Å². The number of carbonyl (C=O) groups is 1. The molecule has 2 aromatic rings. The van der Waals surface area contributed by atoms with Gasteiger partial charge in [0.1, 0.15) is 23.9 Å². The molecule has 2 aliphatic heterocycles. The Morgan fingerprint density at radius 3 is 2.41 bits per heavy atom. The zero-order valence-corrected chi connectivity index (χ0v) is 20.0. The number of hydrogen-bond acceptors (Lipinski definition) is 7. The first-order valence-electron chi connectivity index (χ1n) is 12.1. The number of amides is 1. The highest BCUT2D eigenvalue weighted by atomic mass is 16.5. The summed E-state index contributed by atoms with van der Waals surface area (Å²) < 4.78 is 28.7. The molecule has 1 unspecified atom stereocenters. The minimum Gasteiger partial charge on any atom is -0.492 e. The molecule has 1 atom stereocenters. The van der Waals surface area contributed by atoms with Crippen molar-refractivity contribution in [2.24, 2.45) is 0 Å². The monoisotopic (exact) mass is 470 g/mol. The maximum atomic E-state index is 13.0. The van der Waals surface area contributed by atoms with Gasteiger partial charge in [0, 0.05) is 37.4 Å². The molecule has 2 heterocycles. The highest BCUT2D eigenvalue weighted by Gasteiger charge is 2.21. The van der Waals surface area contributed by atoms with E-state index < -0.39 is 0 Å². The van der Waals surface area contributed by atoms with Gasteiger partial charge in [-0.2, -0.15) is 0 Å². The average Bonchev–Trinajstić information content (AvgIpc) is 3.39. The normalized spacial score (nSPS) is 17.9. The van der Waals surface area contributed by atoms with Gasteiger partial charge in [-0.3, -0.25) is 4.79 Å². The Morgan fingerprint density at radius 1 is 1.00 bits per heavy atom. The van der Waals surface area contributed by atoms with Crippen LogP contribution in [-0.2, 0) is 9.47 Å². The van der Waals surface area contributed by atoms with E-state index in [4.69, 9.17) is 23.7 Å². The van der Waals surface area contributed by atoms with Gasteiger partial charge >= 0.3 is 0 Å². The number of hydrogen-bond donors (Lipinski definition) is 1. The lowest BCUT2D eigenvalue weighted by Gasteiger charge is -2.31. The topological polar surface area (TPSA) is 78.5 Å². The molecule has 0 aromatic heterocycles. The largest absolute Gasteiger partial charge is 0.492 e. The zero-order valence-electron chi connectivity index (χ0n) is 20.0. The van der Waals surface area contributed by atoms with Crippen LogP contribution in [0.2, 0.25) is 0 Å².